The van der Waals surface area contributed by atoms with E-state index in [1.807, 2.05) is 37.3 Å². The first kappa shape index (κ1) is 13.1. The zero-order valence-corrected chi connectivity index (χ0v) is 10.7. The first-order chi connectivity index (χ1) is 9.63. The molecule has 2 rings (SSSR count). The molecule has 0 aliphatic heterocycles. The van der Waals surface area contributed by atoms with Crippen molar-refractivity contribution >= 4 is 23.3 Å². The summed E-state index contributed by atoms with van der Waals surface area (Å²) in [5, 5.41) is 23.0. The summed E-state index contributed by atoms with van der Waals surface area (Å²) in [7, 11) is 0. The summed E-state index contributed by atoms with van der Waals surface area (Å²) in [6.07, 6.45) is 1.71. The van der Waals surface area contributed by atoms with E-state index in [0.29, 0.717) is 0 Å². The van der Waals surface area contributed by atoms with Crippen LogP contribution in [0.1, 0.15) is 11.1 Å². The molecule has 4 N–H and O–H groups in total. The van der Waals surface area contributed by atoms with E-state index < -0.39 is 0 Å². The van der Waals surface area contributed by atoms with Crippen molar-refractivity contribution in [2.75, 3.05) is 16.4 Å². The van der Waals surface area contributed by atoms with Gasteiger partial charge in [-0.15, -0.1) is 0 Å². The van der Waals surface area contributed by atoms with Crippen molar-refractivity contribution < 1.29 is 0 Å². The van der Waals surface area contributed by atoms with E-state index in [4.69, 9.17) is 16.3 Å². The van der Waals surface area contributed by atoms with E-state index in [1.165, 1.54) is 0 Å². The molecule has 2 aromatic rings. The highest BCUT2D eigenvalue weighted by molar-refractivity contribution is 5.70. The monoisotopic (exact) mass is 265 g/mol. The summed E-state index contributed by atoms with van der Waals surface area (Å²) in [6.45, 7) is 1.95. The number of nitrogens with one attached hydrogen (secondary N) is 2. The number of nitrogens with zero attached hydrogens (tertiary/aromatic N) is 4. The summed E-state index contributed by atoms with van der Waals surface area (Å²) < 4.78 is 0. The van der Waals surface area contributed by atoms with E-state index in [0.717, 1.165) is 11.3 Å². The molecule has 0 amide bonds. The zero-order valence-electron chi connectivity index (χ0n) is 10.7. The van der Waals surface area contributed by atoms with Crippen LogP contribution in [-0.2, 0) is 0 Å². The zero-order chi connectivity index (χ0) is 14.5. The van der Waals surface area contributed by atoms with E-state index >= 15 is 0 Å². The van der Waals surface area contributed by atoms with Gasteiger partial charge < -0.3 is 11.1 Å². The van der Waals surface area contributed by atoms with Crippen LogP contribution in [0.5, 0.6) is 0 Å². The Morgan fingerprint density at radius 2 is 2.05 bits per heavy atom. The maximum atomic E-state index is 9.12. The van der Waals surface area contributed by atoms with Gasteiger partial charge in [0.25, 0.3) is 0 Å². The van der Waals surface area contributed by atoms with Crippen molar-refractivity contribution in [1.82, 2.24) is 9.97 Å². The fraction of sp³-hybridized carbons (Fsp3) is 0.0769. The van der Waals surface area contributed by atoms with E-state index in [9.17, 15) is 0 Å². The quantitative estimate of drug-likeness (QED) is 0.571. The Balaban J connectivity index is 2.44. The Labute approximate surface area is 115 Å². The third-order valence-corrected chi connectivity index (χ3v) is 2.50. The maximum Gasteiger partial charge on any atom is 0.240 e. The summed E-state index contributed by atoms with van der Waals surface area (Å²) in [5.41, 5.74) is 7.65. The van der Waals surface area contributed by atoms with Gasteiger partial charge in [-0.2, -0.15) is 20.5 Å². The second-order valence-electron chi connectivity index (χ2n) is 4.00. The minimum Gasteiger partial charge on any atom is -0.382 e. The number of hydrogen-bond donors (Lipinski definition) is 3. The predicted molar refractivity (Wildman–Crippen MR) is 74.9 cm³/mol. The van der Waals surface area contributed by atoms with Gasteiger partial charge in [-0.25, -0.2) is 0 Å². The molecule has 1 aromatic carbocycles. The molecule has 98 valence electrons. The number of benzene rings is 1. The van der Waals surface area contributed by atoms with Crippen molar-refractivity contribution in [1.29, 1.82) is 10.5 Å². The SMILES string of the molecule is Cc1cccc(Nc2nc(NC#N)nc(N)c2C#N)c1. The van der Waals surface area contributed by atoms with Crippen LogP contribution in [0.2, 0.25) is 0 Å². The highest BCUT2D eigenvalue weighted by atomic mass is 15.2. The van der Waals surface area contributed by atoms with Crippen LogP contribution in [0, 0.1) is 29.7 Å². The van der Waals surface area contributed by atoms with Crippen LogP contribution in [0.3, 0.4) is 0 Å². The molecule has 0 atom stereocenters. The Kier molecular flexibility index (Phi) is 3.64. The molecule has 0 bridgehead atoms. The number of hydrogen-bond acceptors (Lipinski definition) is 7. The van der Waals surface area contributed by atoms with Gasteiger partial charge in [0.15, 0.2) is 12.0 Å². The largest absolute Gasteiger partial charge is 0.382 e. The summed E-state index contributed by atoms with van der Waals surface area (Å²) in [5.74, 6) is 0.304. The standard InChI is InChI=1S/C13H11N7/c1-8-3-2-4-9(5-8)18-12-10(6-14)11(16)19-13(20-12)17-7-15/h2-5H,1H3,(H4,16,17,18,19,20). The average molecular weight is 265 g/mol. The molecular formula is C13H11N7. The summed E-state index contributed by atoms with van der Waals surface area (Å²) in [6, 6.07) is 9.51. The molecule has 0 unspecified atom stereocenters. The lowest BCUT2D eigenvalue weighted by Crippen LogP contribution is -2.07. The van der Waals surface area contributed by atoms with Crippen LogP contribution >= 0.6 is 0 Å². The summed E-state index contributed by atoms with van der Waals surface area (Å²) >= 11 is 0. The van der Waals surface area contributed by atoms with Gasteiger partial charge in [0.05, 0.1) is 0 Å². The molecule has 0 fully saturated rings. The van der Waals surface area contributed by atoms with E-state index in [1.54, 1.807) is 6.19 Å². The van der Waals surface area contributed by atoms with Gasteiger partial charge in [0.1, 0.15) is 17.5 Å². The van der Waals surface area contributed by atoms with Gasteiger partial charge in [-0.05, 0) is 24.6 Å². The molecule has 0 aliphatic rings. The molecule has 7 nitrogen and oxygen atoms in total. The van der Waals surface area contributed by atoms with Crippen LogP contribution in [-0.4, -0.2) is 9.97 Å². The number of nitrogen functional groups attached to an aromatic ring is 1. The summed E-state index contributed by atoms with van der Waals surface area (Å²) in [4.78, 5) is 7.88. The van der Waals surface area contributed by atoms with Crippen molar-refractivity contribution in [2.45, 2.75) is 6.92 Å². The molecule has 0 saturated carbocycles. The lowest BCUT2D eigenvalue weighted by molar-refractivity contribution is 1.16. The van der Waals surface area contributed by atoms with Crippen LogP contribution in [0.4, 0.5) is 23.3 Å². The minimum atomic E-state index is 0.00963. The topological polar surface area (TPSA) is 123 Å². The number of rotatable bonds is 3. The van der Waals surface area contributed by atoms with Crippen molar-refractivity contribution in [3.8, 4) is 12.3 Å². The highest BCUT2D eigenvalue weighted by Gasteiger charge is 2.12. The van der Waals surface area contributed by atoms with Gasteiger partial charge in [-0.3, -0.25) is 5.32 Å². The Morgan fingerprint density at radius 3 is 2.70 bits per heavy atom. The number of aromatic nitrogens is 2. The Bertz CT molecular complexity index is 724. The molecule has 0 saturated heterocycles. The number of nitrogens with two attached hydrogens (primary N) is 1. The van der Waals surface area contributed by atoms with Gasteiger partial charge >= 0.3 is 0 Å². The van der Waals surface area contributed by atoms with E-state index in [2.05, 4.69) is 20.6 Å². The molecule has 0 spiro atoms. The molecule has 1 heterocycles. The van der Waals surface area contributed by atoms with Gasteiger partial charge in [0.2, 0.25) is 5.95 Å². The fourth-order valence-corrected chi connectivity index (χ4v) is 1.64. The van der Waals surface area contributed by atoms with Gasteiger partial charge in [0, 0.05) is 5.69 Å². The normalized spacial score (nSPS) is 9.35. The van der Waals surface area contributed by atoms with Crippen LogP contribution in [0.25, 0.3) is 0 Å². The third-order valence-electron chi connectivity index (χ3n) is 2.50. The maximum absolute atomic E-state index is 9.12. The van der Waals surface area contributed by atoms with E-state index in [-0.39, 0.29) is 23.1 Å². The smallest absolute Gasteiger partial charge is 0.240 e. The number of anilines is 4. The van der Waals surface area contributed by atoms with Crippen LogP contribution in [0.15, 0.2) is 24.3 Å². The third kappa shape index (κ3) is 2.74. The first-order valence-corrected chi connectivity index (χ1v) is 5.70. The number of aryl methyl sites for hydroxylation is 1. The fourth-order valence-electron chi connectivity index (χ4n) is 1.64. The van der Waals surface area contributed by atoms with Crippen molar-refractivity contribution in [3.63, 3.8) is 0 Å². The minimum absolute atomic E-state index is 0.00963. The number of nitriles is 2. The second kappa shape index (κ2) is 5.55. The average Bonchev–Trinajstić information content (AvgIpc) is 2.39. The predicted octanol–water partition coefficient (Wildman–Crippen LogP) is 1.88. The molecular weight excluding hydrogens is 254 g/mol. The Hall–Kier alpha value is -3.32. The molecule has 0 aliphatic carbocycles. The molecule has 0 radical (unpaired) electrons. The van der Waals surface area contributed by atoms with Gasteiger partial charge in [-0.1, -0.05) is 12.1 Å². The Morgan fingerprint density at radius 1 is 1.25 bits per heavy atom. The first-order valence-electron chi connectivity index (χ1n) is 5.70. The highest BCUT2D eigenvalue weighted by Crippen LogP contribution is 2.23. The second-order valence-corrected chi connectivity index (χ2v) is 4.00. The lowest BCUT2D eigenvalue weighted by Gasteiger charge is -2.10. The van der Waals surface area contributed by atoms with Crippen molar-refractivity contribution in [3.05, 3.63) is 35.4 Å². The van der Waals surface area contributed by atoms with Crippen molar-refractivity contribution in [2.24, 2.45) is 0 Å². The lowest BCUT2D eigenvalue weighted by atomic mass is 10.2. The molecule has 1 aromatic heterocycles. The van der Waals surface area contributed by atoms with Crippen LogP contribution < -0.4 is 16.4 Å². The molecule has 20 heavy (non-hydrogen) atoms. The molecule has 7 heteroatoms.